The van der Waals surface area contributed by atoms with Crippen LogP contribution in [0.4, 0.5) is 11.1 Å². The van der Waals surface area contributed by atoms with Crippen LogP contribution >= 0.6 is 11.5 Å². The molecular formula is C8H16N4S. The number of nitrogens with one attached hydrogen (secondary N) is 1. The average molecular weight is 200 g/mol. The fourth-order valence-corrected chi connectivity index (χ4v) is 1.29. The summed E-state index contributed by atoms with van der Waals surface area (Å²) < 4.78 is 3.89. The third-order valence-corrected chi connectivity index (χ3v) is 2.84. The van der Waals surface area contributed by atoms with Crippen molar-refractivity contribution in [2.24, 2.45) is 11.8 Å². The lowest BCUT2D eigenvalue weighted by molar-refractivity contribution is 0.439. The highest BCUT2D eigenvalue weighted by atomic mass is 32.1. The zero-order chi connectivity index (χ0) is 9.84. The number of hydrogen-bond acceptors (Lipinski definition) is 5. The van der Waals surface area contributed by atoms with E-state index in [1.54, 1.807) is 0 Å². The first kappa shape index (κ1) is 10.2. The van der Waals surface area contributed by atoms with Gasteiger partial charge in [-0.05, 0) is 11.8 Å². The van der Waals surface area contributed by atoms with E-state index in [-0.39, 0.29) is 0 Å². The summed E-state index contributed by atoms with van der Waals surface area (Å²) >= 11 is 1.31. The largest absolute Gasteiger partial charge is 0.367 e. The lowest BCUT2D eigenvalue weighted by Gasteiger charge is -2.14. The minimum Gasteiger partial charge on any atom is -0.367 e. The monoisotopic (exact) mass is 200 g/mol. The van der Waals surface area contributed by atoms with Gasteiger partial charge in [-0.2, -0.15) is 9.36 Å². The average Bonchev–Trinajstić information content (AvgIpc) is 2.47. The predicted molar refractivity (Wildman–Crippen MR) is 56.8 cm³/mol. The summed E-state index contributed by atoms with van der Waals surface area (Å²) in [4.78, 5) is 4.02. The van der Waals surface area contributed by atoms with E-state index in [0.717, 1.165) is 11.7 Å². The second kappa shape index (κ2) is 4.41. The van der Waals surface area contributed by atoms with E-state index in [2.05, 4.69) is 35.4 Å². The first-order chi connectivity index (χ1) is 6.09. The molecule has 0 fully saturated rings. The van der Waals surface area contributed by atoms with Crippen LogP contribution in [0.25, 0.3) is 0 Å². The number of aromatic nitrogens is 2. The highest BCUT2D eigenvalue weighted by molar-refractivity contribution is 7.09. The topological polar surface area (TPSA) is 63.8 Å². The molecule has 1 heterocycles. The molecule has 1 aromatic rings. The number of nitrogens with two attached hydrogens (primary N) is 1. The standard InChI is InChI=1S/C8H16N4S/c1-5(2)6(3)4-10-8-11-7(9)12-13-8/h5-6H,4H2,1-3H3,(H3,9,10,11,12). The molecule has 0 aliphatic heterocycles. The van der Waals surface area contributed by atoms with Crippen molar-refractivity contribution in [1.82, 2.24) is 9.36 Å². The predicted octanol–water partition coefficient (Wildman–Crippen LogP) is 1.82. The molecule has 0 spiro atoms. The van der Waals surface area contributed by atoms with Gasteiger partial charge in [0.1, 0.15) is 0 Å². The Hall–Kier alpha value is -0.840. The minimum absolute atomic E-state index is 0.352. The van der Waals surface area contributed by atoms with Crippen molar-refractivity contribution >= 4 is 22.6 Å². The van der Waals surface area contributed by atoms with Crippen molar-refractivity contribution in [2.75, 3.05) is 17.6 Å². The SMILES string of the molecule is CC(C)C(C)CNc1nc(N)ns1. The van der Waals surface area contributed by atoms with Gasteiger partial charge in [-0.25, -0.2) is 0 Å². The Labute approximate surface area is 82.7 Å². The molecule has 1 unspecified atom stereocenters. The van der Waals surface area contributed by atoms with Gasteiger partial charge >= 0.3 is 0 Å². The van der Waals surface area contributed by atoms with Crippen LogP contribution in [-0.2, 0) is 0 Å². The summed E-state index contributed by atoms with van der Waals surface area (Å²) in [7, 11) is 0. The van der Waals surface area contributed by atoms with Gasteiger partial charge in [-0.1, -0.05) is 20.8 Å². The van der Waals surface area contributed by atoms with E-state index in [9.17, 15) is 0 Å². The molecule has 13 heavy (non-hydrogen) atoms. The van der Waals surface area contributed by atoms with E-state index in [1.165, 1.54) is 11.5 Å². The van der Waals surface area contributed by atoms with E-state index < -0.39 is 0 Å². The second-order valence-corrected chi connectivity index (χ2v) is 4.31. The molecule has 0 aliphatic carbocycles. The van der Waals surface area contributed by atoms with Crippen LogP contribution in [-0.4, -0.2) is 15.9 Å². The summed E-state index contributed by atoms with van der Waals surface area (Å²) in [5.74, 6) is 1.66. The van der Waals surface area contributed by atoms with Crippen molar-refractivity contribution in [1.29, 1.82) is 0 Å². The van der Waals surface area contributed by atoms with E-state index in [1.807, 2.05) is 0 Å². The summed E-state index contributed by atoms with van der Waals surface area (Å²) in [6, 6.07) is 0. The minimum atomic E-state index is 0.352. The molecule has 3 N–H and O–H groups in total. The normalized spacial score (nSPS) is 13.2. The maximum absolute atomic E-state index is 5.39. The fraction of sp³-hybridized carbons (Fsp3) is 0.750. The fourth-order valence-electron chi connectivity index (χ4n) is 0.791. The van der Waals surface area contributed by atoms with Crippen LogP contribution < -0.4 is 11.1 Å². The number of nitrogens with zero attached hydrogens (tertiary/aromatic N) is 2. The highest BCUT2D eigenvalue weighted by Gasteiger charge is 2.07. The molecule has 74 valence electrons. The van der Waals surface area contributed by atoms with Crippen molar-refractivity contribution in [3.63, 3.8) is 0 Å². The Kier molecular flexibility index (Phi) is 3.48. The smallest absolute Gasteiger partial charge is 0.233 e. The molecule has 1 atom stereocenters. The molecular weight excluding hydrogens is 184 g/mol. The second-order valence-electron chi connectivity index (χ2n) is 3.56. The van der Waals surface area contributed by atoms with Crippen LogP contribution in [0.1, 0.15) is 20.8 Å². The highest BCUT2D eigenvalue weighted by Crippen LogP contribution is 2.14. The summed E-state index contributed by atoms with van der Waals surface area (Å²) in [6.45, 7) is 7.55. The molecule has 1 aromatic heterocycles. The third-order valence-electron chi connectivity index (χ3n) is 2.16. The number of rotatable bonds is 4. The molecule has 0 amide bonds. The Morgan fingerprint density at radius 1 is 1.46 bits per heavy atom. The third kappa shape index (κ3) is 3.18. The van der Waals surface area contributed by atoms with Crippen molar-refractivity contribution in [3.05, 3.63) is 0 Å². The summed E-state index contributed by atoms with van der Waals surface area (Å²) in [5, 5.41) is 4.02. The molecule has 4 nitrogen and oxygen atoms in total. The number of anilines is 2. The van der Waals surface area contributed by atoms with Crippen molar-refractivity contribution in [2.45, 2.75) is 20.8 Å². The van der Waals surface area contributed by atoms with Crippen LogP contribution in [0.3, 0.4) is 0 Å². The Bertz CT molecular complexity index is 258. The van der Waals surface area contributed by atoms with E-state index in [0.29, 0.717) is 17.8 Å². The lowest BCUT2D eigenvalue weighted by Crippen LogP contribution is -2.16. The summed E-state index contributed by atoms with van der Waals surface area (Å²) in [5.41, 5.74) is 5.39. The number of hydrogen-bond donors (Lipinski definition) is 2. The van der Waals surface area contributed by atoms with Gasteiger partial charge in [-0.15, -0.1) is 0 Å². The molecule has 0 bridgehead atoms. The molecule has 0 aliphatic rings. The molecule has 5 heteroatoms. The van der Waals surface area contributed by atoms with Gasteiger partial charge in [0.25, 0.3) is 0 Å². The van der Waals surface area contributed by atoms with Gasteiger partial charge in [0, 0.05) is 18.1 Å². The lowest BCUT2D eigenvalue weighted by atomic mass is 9.98. The number of nitrogen functional groups attached to an aromatic ring is 1. The zero-order valence-electron chi connectivity index (χ0n) is 8.24. The Morgan fingerprint density at radius 3 is 2.62 bits per heavy atom. The Balaban J connectivity index is 2.35. The first-order valence-electron chi connectivity index (χ1n) is 4.42. The molecule has 0 saturated heterocycles. The van der Waals surface area contributed by atoms with Crippen LogP contribution in [0.2, 0.25) is 0 Å². The quantitative estimate of drug-likeness (QED) is 0.778. The van der Waals surface area contributed by atoms with Crippen LogP contribution in [0, 0.1) is 11.8 Å². The van der Waals surface area contributed by atoms with Gasteiger partial charge in [0.05, 0.1) is 0 Å². The maximum atomic E-state index is 5.39. The van der Waals surface area contributed by atoms with Crippen LogP contribution in [0.5, 0.6) is 0 Å². The van der Waals surface area contributed by atoms with Gasteiger partial charge in [0.2, 0.25) is 11.1 Å². The summed E-state index contributed by atoms with van der Waals surface area (Å²) in [6.07, 6.45) is 0. The molecule has 1 rings (SSSR count). The molecule has 0 aromatic carbocycles. The Morgan fingerprint density at radius 2 is 2.15 bits per heavy atom. The van der Waals surface area contributed by atoms with Crippen molar-refractivity contribution < 1.29 is 0 Å². The van der Waals surface area contributed by atoms with Crippen molar-refractivity contribution in [3.8, 4) is 0 Å². The van der Waals surface area contributed by atoms with Gasteiger partial charge in [0.15, 0.2) is 0 Å². The zero-order valence-corrected chi connectivity index (χ0v) is 9.06. The maximum Gasteiger partial charge on any atom is 0.233 e. The van der Waals surface area contributed by atoms with Crippen LogP contribution in [0.15, 0.2) is 0 Å². The van der Waals surface area contributed by atoms with Gasteiger partial charge in [-0.3, -0.25) is 0 Å². The van der Waals surface area contributed by atoms with E-state index >= 15 is 0 Å². The van der Waals surface area contributed by atoms with Gasteiger partial charge < -0.3 is 11.1 Å². The van der Waals surface area contributed by atoms with E-state index in [4.69, 9.17) is 5.73 Å². The molecule has 0 radical (unpaired) electrons. The first-order valence-corrected chi connectivity index (χ1v) is 5.20. The molecule has 0 saturated carbocycles.